The fourth-order valence-corrected chi connectivity index (χ4v) is 2.68. The Morgan fingerprint density at radius 3 is 2.19 bits per heavy atom. The van der Waals surface area contributed by atoms with Gasteiger partial charge in [0.2, 0.25) is 0 Å². The summed E-state index contributed by atoms with van der Waals surface area (Å²) in [6.07, 6.45) is 0.0757. The number of ether oxygens (including phenoxy) is 1. The molecule has 2 rings (SSSR count). The van der Waals surface area contributed by atoms with Crippen LogP contribution in [0.3, 0.4) is 0 Å². The molecule has 2 aromatic rings. The van der Waals surface area contributed by atoms with E-state index in [1.807, 2.05) is 0 Å². The third kappa shape index (κ3) is 4.48. The third-order valence-corrected chi connectivity index (χ3v) is 3.79. The highest BCUT2D eigenvalue weighted by Gasteiger charge is 2.11. The van der Waals surface area contributed by atoms with Crippen LogP contribution in [0.25, 0.3) is 0 Å². The summed E-state index contributed by atoms with van der Waals surface area (Å²) in [5, 5.41) is 10.9. The fraction of sp³-hybridized carbons (Fsp3) is 0.333. The molecule has 0 amide bonds. The Morgan fingerprint density at radius 1 is 1.05 bits per heavy atom. The first-order valence-corrected chi connectivity index (χ1v) is 7.46. The van der Waals surface area contributed by atoms with Crippen molar-refractivity contribution in [2.24, 2.45) is 0 Å². The van der Waals surface area contributed by atoms with Crippen molar-refractivity contribution in [1.82, 2.24) is 0 Å². The van der Waals surface area contributed by atoms with Crippen LogP contribution in [0.15, 0.2) is 36.4 Å². The second-order valence-corrected chi connectivity index (χ2v) is 5.94. The van der Waals surface area contributed by atoms with Gasteiger partial charge in [0.15, 0.2) is 0 Å². The summed E-state index contributed by atoms with van der Waals surface area (Å²) in [7, 11) is 0. The summed E-state index contributed by atoms with van der Waals surface area (Å²) < 4.78 is 5.59. The van der Waals surface area contributed by atoms with Crippen molar-refractivity contribution in [3.63, 3.8) is 0 Å². The largest absolute Gasteiger partial charge is 0.491 e. The van der Waals surface area contributed by atoms with E-state index in [4.69, 9.17) is 16.3 Å². The molecule has 3 heteroatoms. The lowest BCUT2D eigenvalue weighted by Gasteiger charge is -2.16. The predicted octanol–water partition coefficient (Wildman–Crippen LogP) is 4.25. The third-order valence-electron chi connectivity index (χ3n) is 3.54. The molecule has 0 aromatic heterocycles. The molecule has 0 radical (unpaired) electrons. The summed E-state index contributed by atoms with van der Waals surface area (Å²) in [6, 6.07) is 11.5. The van der Waals surface area contributed by atoms with Crippen molar-refractivity contribution < 1.29 is 9.84 Å². The van der Waals surface area contributed by atoms with Crippen LogP contribution in [0.4, 0.5) is 0 Å². The zero-order valence-corrected chi connectivity index (χ0v) is 13.4. The Morgan fingerprint density at radius 2 is 1.62 bits per heavy atom. The number of hydrogen-bond donors (Lipinski definition) is 1. The fourth-order valence-electron chi connectivity index (χ4n) is 2.55. The molecule has 0 spiro atoms. The van der Waals surface area contributed by atoms with Crippen molar-refractivity contribution in [3.8, 4) is 5.75 Å². The molecule has 1 atom stereocenters. The first-order valence-electron chi connectivity index (χ1n) is 7.09. The average Bonchev–Trinajstić information content (AvgIpc) is 2.42. The summed E-state index contributed by atoms with van der Waals surface area (Å²) in [4.78, 5) is 0. The van der Waals surface area contributed by atoms with E-state index in [0.717, 1.165) is 5.75 Å². The van der Waals surface area contributed by atoms with Gasteiger partial charge in [0.25, 0.3) is 0 Å². The highest BCUT2D eigenvalue weighted by Crippen LogP contribution is 2.19. The van der Waals surface area contributed by atoms with Crippen molar-refractivity contribution in [1.29, 1.82) is 0 Å². The second-order valence-electron chi connectivity index (χ2n) is 5.50. The number of rotatable bonds is 5. The van der Waals surface area contributed by atoms with Crippen LogP contribution in [0.2, 0.25) is 5.02 Å². The van der Waals surface area contributed by atoms with Gasteiger partial charge in [0, 0.05) is 11.4 Å². The summed E-state index contributed by atoms with van der Waals surface area (Å²) in [5.74, 6) is 0.718. The van der Waals surface area contributed by atoms with Gasteiger partial charge in [-0.1, -0.05) is 29.3 Å². The SMILES string of the molecule is Cc1cc(C)c(CC(O)COc2ccc(Cl)cc2)c(C)c1. The molecule has 0 heterocycles. The van der Waals surface area contributed by atoms with Gasteiger partial charge in [-0.25, -0.2) is 0 Å². The molecule has 2 nitrogen and oxygen atoms in total. The number of benzene rings is 2. The minimum Gasteiger partial charge on any atom is -0.491 e. The first kappa shape index (κ1) is 15.9. The van der Waals surface area contributed by atoms with Crippen LogP contribution in [0.5, 0.6) is 5.75 Å². The number of halogens is 1. The minimum atomic E-state index is -0.527. The molecule has 0 aliphatic rings. The molecule has 1 N–H and O–H groups in total. The summed E-state index contributed by atoms with van der Waals surface area (Å²) in [6.45, 7) is 6.53. The van der Waals surface area contributed by atoms with E-state index in [0.29, 0.717) is 11.4 Å². The Bertz CT molecular complexity index is 582. The van der Waals surface area contributed by atoms with Gasteiger partial charge >= 0.3 is 0 Å². The van der Waals surface area contributed by atoms with Gasteiger partial charge in [-0.15, -0.1) is 0 Å². The lowest BCUT2D eigenvalue weighted by molar-refractivity contribution is 0.107. The monoisotopic (exact) mass is 304 g/mol. The number of aliphatic hydroxyl groups is 1. The number of aliphatic hydroxyl groups excluding tert-OH is 1. The Balaban J connectivity index is 1.96. The van der Waals surface area contributed by atoms with Crippen molar-refractivity contribution >= 4 is 11.6 Å². The average molecular weight is 305 g/mol. The van der Waals surface area contributed by atoms with Gasteiger partial charge < -0.3 is 9.84 Å². The van der Waals surface area contributed by atoms with E-state index in [-0.39, 0.29) is 6.61 Å². The van der Waals surface area contributed by atoms with E-state index < -0.39 is 6.10 Å². The molecule has 0 bridgehead atoms. The number of hydrogen-bond acceptors (Lipinski definition) is 2. The van der Waals surface area contributed by atoms with E-state index in [9.17, 15) is 5.11 Å². The molecule has 0 saturated heterocycles. The highest BCUT2D eigenvalue weighted by atomic mass is 35.5. The van der Waals surface area contributed by atoms with Crippen LogP contribution in [-0.2, 0) is 6.42 Å². The van der Waals surface area contributed by atoms with Crippen molar-refractivity contribution in [2.75, 3.05) is 6.61 Å². The topological polar surface area (TPSA) is 29.5 Å². The van der Waals surface area contributed by atoms with Crippen LogP contribution in [-0.4, -0.2) is 17.8 Å². The summed E-state index contributed by atoms with van der Waals surface area (Å²) >= 11 is 5.82. The molecule has 1 unspecified atom stereocenters. The Kier molecular flexibility index (Phi) is 5.27. The molecule has 112 valence electrons. The lowest BCUT2D eigenvalue weighted by Crippen LogP contribution is -2.21. The van der Waals surface area contributed by atoms with E-state index >= 15 is 0 Å². The van der Waals surface area contributed by atoms with Crippen molar-refractivity contribution in [2.45, 2.75) is 33.3 Å². The zero-order valence-electron chi connectivity index (χ0n) is 12.7. The van der Waals surface area contributed by atoms with Gasteiger partial charge in [0.1, 0.15) is 12.4 Å². The van der Waals surface area contributed by atoms with Crippen LogP contribution in [0.1, 0.15) is 22.3 Å². The molecule has 0 fully saturated rings. The lowest BCUT2D eigenvalue weighted by atomic mass is 9.95. The maximum Gasteiger partial charge on any atom is 0.119 e. The van der Waals surface area contributed by atoms with Crippen LogP contribution < -0.4 is 4.74 Å². The van der Waals surface area contributed by atoms with Crippen LogP contribution >= 0.6 is 11.6 Å². The van der Waals surface area contributed by atoms with E-state index in [2.05, 4.69) is 32.9 Å². The predicted molar refractivity (Wildman–Crippen MR) is 87.3 cm³/mol. The standard InChI is InChI=1S/C18H21ClO2/c1-12-8-13(2)18(14(3)9-12)10-16(20)11-21-17-6-4-15(19)5-7-17/h4-9,16,20H,10-11H2,1-3H3. The van der Waals surface area contributed by atoms with E-state index in [1.165, 1.54) is 22.3 Å². The van der Waals surface area contributed by atoms with Crippen LogP contribution in [0, 0.1) is 20.8 Å². The highest BCUT2D eigenvalue weighted by molar-refractivity contribution is 6.30. The molecule has 0 aliphatic carbocycles. The number of aryl methyl sites for hydroxylation is 3. The van der Waals surface area contributed by atoms with Gasteiger partial charge in [-0.05, 0) is 61.7 Å². The molecular weight excluding hydrogens is 284 g/mol. The van der Waals surface area contributed by atoms with Crippen molar-refractivity contribution in [3.05, 3.63) is 63.7 Å². The molecular formula is C18H21ClO2. The minimum absolute atomic E-state index is 0.272. The Labute approximate surface area is 131 Å². The van der Waals surface area contributed by atoms with Gasteiger partial charge in [-0.3, -0.25) is 0 Å². The normalized spacial score (nSPS) is 12.2. The van der Waals surface area contributed by atoms with Gasteiger partial charge in [-0.2, -0.15) is 0 Å². The summed E-state index contributed by atoms with van der Waals surface area (Å²) in [5.41, 5.74) is 4.89. The zero-order chi connectivity index (χ0) is 15.4. The molecule has 2 aromatic carbocycles. The van der Waals surface area contributed by atoms with E-state index in [1.54, 1.807) is 24.3 Å². The smallest absolute Gasteiger partial charge is 0.119 e. The second kappa shape index (κ2) is 6.97. The molecule has 21 heavy (non-hydrogen) atoms. The van der Waals surface area contributed by atoms with Gasteiger partial charge in [0.05, 0.1) is 6.10 Å². The maximum atomic E-state index is 10.2. The quantitative estimate of drug-likeness (QED) is 0.895. The first-order chi connectivity index (χ1) is 9.95. The molecule has 0 aliphatic heterocycles. The Hall–Kier alpha value is -1.51. The molecule has 0 saturated carbocycles. The maximum absolute atomic E-state index is 10.2.